The standard InChI is InChI=1S/C17H26N2/c1-17(2)9-7-14(11-17)18-10-8-13-12-19-16-6-4-3-5-15(13)16/h3-6,13-14,18-19H,7-12H2,1-2H3. The van der Waals surface area contributed by atoms with E-state index in [0.717, 1.165) is 19.1 Å². The fourth-order valence-electron chi connectivity index (χ4n) is 3.69. The summed E-state index contributed by atoms with van der Waals surface area (Å²) < 4.78 is 0. The van der Waals surface area contributed by atoms with E-state index in [1.807, 2.05) is 0 Å². The van der Waals surface area contributed by atoms with Gasteiger partial charge in [0.15, 0.2) is 0 Å². The third kappa shape index (κ3) is 2.94. The molecule has 1 aliphatic carbocycles. The number of hydrogen-bond donors (Lipinski definition) is 2. The molecule has 1 aliphatic heterocycles. The maximum Gasteiger partial charge on any atom is 0.0376 e. The van der Waals surface area contributed by atoms with Gasteiger partial charge in [-0.05, 0) is 49.3 Å². The Morgan fingerprint density at radius 1 is 1.32 bits per heavy atom. The molecule has 0 aromatic heterocycles. The van der Waals surface area contributed by atoms with Gasteiger partial charge >= 0.3 is 0 Å². The molecular weight excluding hydrogens is 232 g/mol. The van der Waals surface area contributed by atoms with Gasteiger partial charge in [0.2, 0.25) is 0 Å². The summed E-state index contributed by atoms with van der Waals surface area (Å²) in [6.07, 6.45) is 5.32. The van der Waals surface area contributed by atoms with E-state index >= 15 is 0 Å². The lowest BCUT2D eigenvalue weighted by Gasteiger charge is -2.18. The number of rotatable bonds is 4. The predicted octanol–water partition coefficient (Wildman–Crippen LogP) is 3.75. The molecule has 0 amide bonds. The van der Waals surface area contributed by atoms with E-state index in [0.29, 0.717) is 11.3 Å². The summed E-state index contributed by atoms with van der Waals surface area (Å²) in [5.74, 6) is 0.693. The Balaban J connectivity index is 1.47. The van der Waals surface area contributed by atoms with E-state index < -0.39 is 0 Å². The van der Waals surface area contributed by atoms with E-state index in [1.165, 1.54) is 36.9 Å². The van der Waals surface area contributed by atoms with Crippen molar-refractivity contribution in [2.75, 3.05) is 18.4 Å². The summed E-state index contributed by atoms with van der Waals surface area (Å²) in [4.78, 5) is 0. The van der Waals surface area contributed by atoms with Crippen LogP contribution in [0.2, 0.25) is 0 Å². The van der Waals surface area contributed by atoms with Crippen molar-refractivity contribution in [3.8, 4) is 0 Å². The van der Waals surface area contributed by atoms with Crippen LogP contribution in [0.1, 0.15) is 51.0 Å². The van der Waals surface area contributed by atoms with E-state index in [9.17, 15) is 0 Å². The van der Waals surface area contributed by atoms with Gasteiger partial charge in [-0.1, -0.05) is 32.0 Å². The molecule has 2 atom stereocenters. The first-order valence-corrected chi connectivity index (χ1v) is 7.70. The second kappa shape index (κ2) is 5.16. The van der Waals surface area contributed by atoms with E-state index in [1.54, 1.807) is 0 Å². The summed E-state index contributed by atoms with van der Waals surface area (Å²) in [5.41, 5.74) is 3.41. The Hall–Kier alpha value is -1.02. The number of anilines is 1. The highest BCUT2D eigenvalue weighted by molar-refractivity contribution is 5.57. The maximum absolute atomic E-state index is 3.77. The molecule has 0 bridgehead atoms. The smallest absolute Gasteiger partial charge is 0.0376 e. The summed E-state index contributed by atoms with van der Waals surface area (Å²) in [7, 11) is 0. The van der Waals surface area contributed by atoms with Crippen molar-refractivity contribution >= 4 is 5.69 Å². The van der Waals surface area contributed by atoms with Gasteiger partial charge in [0.25, 0.3) is 0 Å². The summed E-state index contributed by atoms with van der Waals surface area (Å²) in [5, 5.41) is 7.28. The Morgan fingerprint density at radius 3 is 2.95 bits per heavy atom. The van der Waals surface area contributed by atoms with Crippen LogP contribution in [0.15, 0.2) is 24.3 Å². The number of para-hydroxylation sites is 1. The Bertz CT molecular complexity index is 439. The zero-order chi connectivity index (χ0) is 13.3. The molecule has 2 heteroatoms. The van der Waals surface area contributed by atoms with Gasteiger partial charge in [0, 0.05) is 24.2 Å². The SMILES string of the molecule is CC1(C)CCC(NCCC2CNc3ccccc32)C1. The molecule has 1 heterocycles. The molecule has 1 aromatic carbocycles. The van der Waals surface area contributed by atoms with Crippen molar-refractivity contribution in [3.63, 3.8) is 0 Å². The molecule has 1 aromatic rings. The molecule has 3 rings (SSSR count). The second-order valence-corrected chi connectivity index (χ2v) is 7.01. The number of benzene rings is 1. The molecule has 1 fully saturated rings. The molecule has 2 nitrogen and oxygen atoms in total. The topological polar surface area (TPSA) is 24.1 Å². The van der Waals surface area contributed by atoms with E-state index in [4.69, 9.17) is 0 Å². The summed E-state index contributed by atoms with van der Waals surface area (Å²) in [6, 6.07) is 9.50. The minimum atomic E-state index is 0.555. The predicted molar refractivity (Wildman–Crippen MR) is 81.7 cm³/mol. The highest BCUT2D eigenvalue weighted by atomic mass is 14.9. The molecule has 104 valence electrons. The van der Waals surface area contributed by atoms with Crippen molar-refractivity contribution in [2.24, 2.45) is 5.41 Å². The van der Waals surface area contributed by atoms with Crippen molar-refractivity contribution in [2.45, 2.75) is 51.5 Å². The quantitative estimate of drug-likeness (QED) is 0.859. The van der Waals surface area contributed by atoms with Crippen molar-refractivity contribution < 1.29 is 0 Å². The molecular formula is C17H26N2. The van der Waals surface area contributed by atoms with Crippen LogP contribution in [0.3, 0.4) is 0 Å². The van der Waals surface area contributed by atoms with Gasteiger partial charge in [-0.15, -0.1) is 0 Å². The highest BCUT2D eigenvalue weighted by Crippen LogP contribution is 2.37. The van der Waals surface area contributed by atoms with Gasteiger partial charge in [-0.3, -0.25) is 0 Å². The molecule has 0 saturated heterocycles. The lowest BCUT2D eigenvalue weighted by molar-refractivity contribution is 0.363. The van der Waals surface area contributed by atoms with Gasteiger partial charge in [-0.2, -0.15) is 0 Å². The minimum Gasteiger partial charge on any atom is -0.384 e. The first-order valence-electron chi connectivity index (χ1n) is 7.70. The fourth-order valence-corrected chi connectivity index (χ4v) is 3.69. The third-order valence-electron chi connectivity index (χ3n) is 4.83. The number of nitrogens with one attached hydrogen (secondary N) is 2. The highest BCUT2D eigenvalue weighted by Gasteiger charge is 2.30. The van der Waals surface area contributed by atoms with Crippen molar-refractivity contribution in [1.29, 1.82) is 0 Å². The van der Waals surface area contributed by atoms with Gasteiger partial charge in [0.1, 0.15) is 0 Å². The first kappa shape index (κ1) is 13.0. The maximum atomic E-state index is 3.77. The van der Waals surface area contributed by atoms with Crippen LogP contribution < -0.4 is 10.6 Å². The molecule has 0 spiro atoms. The van der Waals surface area contributed by atoms with Crippen molar-refractivity contribution in [3.05, 3.63) is 29.8 Å². The largest absolute Gasteiger partial charge is 0.384 e. The van der Waals surface area contributed by atoms with Gasteiger partial charge in [-0.25, -0.2) is 0 Å². The monoisotopic (exact) mass is 258 g/mol. The molecule has 2 unspecified atom stereocenters. The van der Waals surface area contributed by atoms with Gasteiger partial charge in [0.05, 0.1) is 0 Å². The molecule has 0 radical (unpaired) electrons. The molecule has 2 aliphatic rings. The van der Waals surface area contributed by atoms with Crippen LogP contribution in [0.5, 0.6) is 0 Å². The van der Waals surface area contributed by atoms with Gasteiger partial charge < -0.3 is 10.6 Å². The van der Waals surface area contributed by atoms with E-state index in [2.05, 4.69) is 48.7 Å². The number of fused-ring (bicyclic) bond motifs is 1. The average Bonchev–Trinajstić information content (AvgIpc) is 2.94. The normalized spacial score (nSPS) is 28.1. The van der Waals surface area contributed by atoms with Crippen LogP contribution in [-0.4, -0.2) is 19.1 Å². The van der Waals surface area contributed by atoms with Crippen LogP contribution in [0.25, 0.3) is 0 Å². The Labute approximate surface area is 117 Å². The number of hydrogen-bond acceptors (Lipinski definition) is 2. The molecule has 1 saturated carbocycles. The van der Waals surface area contributed by atoms with Crippen LogP contribution in [0, 0.1) is 5.41 Å². The van der Waals surface area contributed by atoms with Crippen LogP contribution in [-0.2, 0) is 0 Å². The summed E-state index contributed by atoms with van der Waals surface area (Å²) >= 11 is 0. The third-order valence-corrected chi connectivity index (χ3v) is 4.83. The van der Waals surface area contributed by atoms with E-state index in [-0.39, 0.29) is 0 Å². The lowest BCUT2D eigenvalue weighted by atomic mass is 9.92. The lowest BCUT2D eigenvalue weighted by Crippen LogP contribution is -2.29. The fraction of sp³-hybridized carbons (Fsp3) is 0.647. The molecule has 19 heavy (non-hydrogen) atoms. The second-order valence-electron chi connectivity index (χ2n) is 7.01. The zero-order valence-corrected chi connectivity index (χ0v) is 12.2. The first-order chi connectivity index (χ1) is 9.14. The minimum absolute atomic E-state index is 0.555. The zero-order valence-electron chi connectivity index (χ0n) is 12.2. The molecule has 2 N–H and O–H groups in total. The van der Waals surface area contributed by atoms with Crippen LogP contribution >= 0.6 is 0 Å². The Morgan fingerprint density at radius 2 is 2.16 bits per heavy atom. The summed E-state index contributed by atoms with van der Waals surface area (Å²) in [6.45, 7) is 7.05. The van der Waals surface area contributed by atoms with Crippen molar-refractivity contribution in [1.82, 2.24) is 5.32 Å². The Kier molecular flexibility index (Phi) is 3.53. The average molecular weight is 258 g/mol. The van der Waals surface area contributed by atoms with Crippen LogP contribution in [0.4, 0.5) is 5.69 Å².